The van der Waals surface area contributed by atoms with E-state index < -0.39 is 0 Å². The molecule has 0 N–H and O–H groups in total. The van der Waals surface area contributed by atoms with E-state index in [0.717, 1.165) is 18.4 Å². The fourth-order valence-corrected chi connectivity index (χ4v) is 2.24. The topological polar surface area (TPSA) is 44.0 Å². The molecule has 19 heavy (non-hydrogen) atoms. The lowest BCUT2D eigenvalue weighted by Crippen LogP contribution is -2.26. The van der Waals surface area contributed by atoms with E-state index in [9.17, 15) is 9.59 Å². The van der Waals surface area contributed by atoms with E-state index in [4.69, 9.17) is 0 Å². The van der Waals surface area contributed by atoms with E-state index in [0.29, 0.717) is 11.6 Å². The summed E-state index contributed by atoms with van der Waals surface area (Å²) in [4.78, 5) is 24.2. The maximum absolute atomic E-state index is 12.1. The number of ketones is 1. The summed E-state index contributed by atoms with van der Waals surface area (Å²) < 4.78 is 3.21. The van der Waals surface area contributed by atoms with Gasteiger partial charge in [-0.15, -0.1) is 0 Å². The molecular weight excluding hydrogens is 240 g/mol. The summed E-state index contributed by atoms with van der Waals surface area (Å²) >= 11 is 0. The minimum Gasteiger partial charge on any atom is -0.296 e. The second-order valence-electron chi connectivity index (χ2n) is 5.14. The number of benzene rings is 1. The molecule has 1 heterocycles. The van der Waals surface area contributed by atoms with Gasteiger partial charge in [-0.3, -0.25) is 13.9 Å². The van der Waals surface area contributed by atoms with E-state index in [2.05, 4.69) is 0 Å². The van der Waals surface area contributed by atoms with E-state index in [1.165, 1.54) is 4.57 Å². The zero-order valence-electron chi connectivity index (χ0n) is 10.9. The molecule has 0 bridgehead atoms. The molecule has 1 aromatic carbocycles. The smallest absolute Gasteiger partial charge is 0.296 e. The first-order valence-corrected chi connectivity index (χ1v) is 6.52. The van der Waals surface area contributed by atoms with E-state index in [-0.39, 0.29) is 18.0 Å². The van der Waals surface area contributed by atoms with Gasteiger partial charge in [-0.25, -0.2) is 4.79 Å². The number of imidazole rings is 1. The normalized spacial score (nSPS) is 14.6. The Labute approximate surface area is 111 Å². The van der Waals surface area contributed by atoms with Crippen molar-refractivity contribution in [3.05, 3.63) is 58.3 Å². The first-order valence-electron chi connectivity index (χ1n) is 6.52. The van der Waals surface area contributed by atoms with Crippen molar-refractivity contribution in [3.8, 4) is 0 Å². The molecule has 1 saturated carbocycles. The molecule has 4 heteroatoms. The highest BCUT2D eigenvalue weighted by atomic mass is 16.2. The van der Waals surface area contributed by atoms with E-state index >= 15 is 0 Å². The number of hydrogen-bond donors (Lipinski definition) is 0. The number of hydrogen-bond acceptors (Lipinski definition) is 2. The van der Waals surface area contributed by atoms with Gasteiger partial charge in [-0.2, -0.15) is 0 Å². The molecular formula is C15H16N2O2. The fraction of sp³-hybridized carbons (Fsp3) is 0.333. The lowest BCUT2D eigenvalue weighted by atomic mass is 10.1. The van der Waals surface area contributed by atoms with Crippen LogP contribution in [0.3, 0.4) is 0 Å². The number of aryl methyl sites for hydroxylation is 1. The second-order valence-corrected chi connectivity index (χ2v) is 5.14. The number of carbonyl (C=O) groups excluding carboxylic acids is 1. The summed E-state index contributed by atoms with van der Waals surface area (Å²) in [5, 5.41) is 0. The van der Waals surface area contributed by atoms with Crippen molar-refractivity contribution in [2.24, 2.45) is 0 Å². The Balaban J connectivity index is 1.81. The Hall–Kier alpha value is -2.10. The summed E-state index contributed by atoms with van der Waals surface area (Å²) in [6, 6.07) is 7.80. The van der Waals surface area contributed by atoms with Gasteiger partial charge in [0.2, 0.25) is 0 Å². The maximum Gasteiger partial charge on any atom is 0.328 e. The Kier molecular flexibility index (Phi) is 2.85. The number of aromatic nitrogens is 2. The van der Waals surface area contributed by atoms with Gasteiger partial charge in [0, 0.05) is 24.0 Å². The Morgan fingerprint density at radius 2 is 2.11 bits per heavy atom. The standard InChI is InChI=1S/C15H16N2O2/c1-11-3-2-4-12(9-11)14(18)10-16-7-8-17(15(16)19)13-5-6-13/h2-4,7-9,13H,5-6,10H2,1H3. The highest BCUT2D eigenvalue weighted by molar-refractivity contribution is 5.96. The summed E-state index contributed by atoms with van der Waals surface area (Å²) in [6.07, 6.45) is 5.61. The van der Waals surface area contributed by atoms with Crippen LogP contribution in [0.25, 0.3) is 0 Å². The zero-order valence-corrected chi connectivity index (χ0v) is 10.9. The quantitative estimate of drug-likeness (QED) is 0.787. The minimum absolute atomic E-state index is 0.0284. The minimum atomic E-state index is -0.0801. The van der Waals surface area contributed by atoms with Crippen LogP contribution in [0.1, 0.15) is 34.8 Å². The summed E-state index contributed by atoms with van der Waals surface area (Å²) in [6.45, 7) is 2.06. The summed E-state index contributed by atoms with van der Waals surface area (Å²) in [7, 11) is 0. The molecule has 3 rings (SSSR count). The van der Waals surface area contributed by atoms with Gasteiger partial charge in [0.15, 0.2) is 5.78 Å². The third-order valence-corrected chi connectivity index (χ3v) is 3.47. The first-order chi connectivity index (χ1) is 9.15. The average Bonchev–Trinajstić information content (AvgIpc) is 3.16. The Morgan fingerprint density at radius 1 is 1.32 bits per heavy atom. The van der Waals surface area contributed by atoms with Crippen LogP contribution in [0.15, 0.2) is 41.5 Å². The third kappa shape index (κ3) is 2.38. The molecule has 0 saturated heterocycles. The van der Waals surface area contributed by atoms with Crippen molar-refractivity contribution in [2.75, 3.05) is 0 Å². The highest BCUT2D eigenvalue weighted by Crippen LogP contribution is 2.33. The molecule has 0 amide bonds. The van der Waals surface area contributed by atoms with Crippen molar-refractivity contribution < 1.29 is 4.79 Å². The molecule has 4 nitrogen and oxygen atoms in total. The highest BCUT2D eigenvalue weighted by Gasteiger charge is 2.25. The molecule has 0 spiro atoms. The van der Waals surface area contributed by atoms with E-state index in [1.54, 1.807) is 23.0 Å². The first kappa shape index (κ1) is 12.0. The Morgan fingerprint density at radius 3 is 2.79 bits per heavy atom. The predicted molar refractivity (Wildman–Crippen MR) is 72.5 cm³/mol. The molecule has 0 atom stereocenters. The number of nitrogens with zero attached hydrogens (tertiary/aromatic N) is 2. The number of Topliss-reactive ketones (excluding diaryl/α,β-unsaturated/α-hetero) is 1. The Bertz CT molecular complexity index is 677. The van der Waals surface area contributed by atoms with Crippen LogP contribution < -0.4 is 5.69 Å². The van der Waals surface area contributed by atoms with Gasteiger partial charge >= 0.3 is 5.69 Å². The molecule has 1 aromatic heterocycles. The number of rotatable bonds is 4. The van der Waals surface area contributed by atoms with Gasteiger partial charge in [-0.1, -0.05) is 23.8 Å². The molecule has 0 aliphatic heterocycles. The van der Waals surface area contributed by atoms with Crippen LogP contribution in [0, 0.1) is 6.92 Å². The van der Waals surface area contributed by atoms with Crippen molar-refractivity contribution >= 4 is 5.78 Å². The predicted octanol–water partition coefficient (Wildman–Crippen LogP) is 2.18. The lowest BCUT2D eigenvalue weighted by molar-refractivity contribution is 0.0970. The van der Waals surface area contributed by atoms with Crippen LogP contribution in [0.4, 0.5) is 0 Å². The number of carbonyl (C=O) groups is 1. The van der Waals surface area contributed by atoms with Crippen molar-refractivity contribution in [3.63, 3.8) is 0 Å². The molecule has 1 aliphatic carbocycles. The molecule has 1 aliphatic rings. The summed E-state index contributed by atoms with van der Waals surface area (Å²) in [5.74, 6) is -0.0284. The van der Waals surface area contributed by atoms with Gasteiger partial charge < -0.3 is 0 Å². The van der Waals surface area contributed by atoms with Gasteiger partial charge in [0.1, 0.15) is 0 Å². The van der Waals surface area contributed by atoms with Crippen molar-refractivity contribution in [2.45, 2.75) is 32.4 Å². The summed E-state index contributed by atoms with van der Waals surface area (Å²) in [5.41, 5.74) is 1.63. The molecule has 1 fully saturated rings. The second kappa shape index (κ2) is 4.53. The third-order valence-electron chi connectivity index (χ3n) is 3.47. The largest absolute Gasteiger partial charge is 0.328 e. The van der Waals surface area contributed by atoms with E-state index in [1.807, 2.05) is 25.1 Å². The van der Waals surface area contributed by atoms with Crippen LogP contribution in [-0.4, -0.2) is 14.9 Å². The fourth-order valence-electron chi connectivity index (χ4n) is 2.24. The lowest BCUT2D eigenvalue weighted by Gasteiger charge is -2.03. The van der Waals surface area contributed by atoms with Gasteiger partial charge in [0.25, 0.3) is 0 Å². The molecule has 0 radical (unpaired) electrons. The van der Waals surface area contributed by atoms with Crippen LogP contribution in [-0.2, 0) is 6.54 Å². The SMILES string of the molecule is Cc1cccc(C(=O)Cn2ccn(C3CC3)c2=O)c1. The maximum atomic E-state index is 12.1. The monoisotopic (exact) mass is 256 g/mol. The molecule has 98 valence electrons. The van der Waals surface area contributed by atoms with Crippen molar-refractivity contribution in [1.82, 2.24) is 9.13 Å². The van der Waals surface area contributed by atoms with Crippen LogP contribution in [0.2, 0.25) is 0 Å². The average molecular weight is 256 g/mol. The van der Waals surface area contributed by atoms with Crippen molar-refractivity contribution in [1.29, 1.82) is 0 Å². The van der Waals surface area contributed by atoms with Gasteiger partial charge in [0.05, 0.1) is 6.54 Å². The van der Waals surface area contributed by atoms with Crippen LogP contribution in [0.5, 0.6) is 0 Å². The van der Waals surface area contributed by atoms with Crippen LogP contribution >= 0.6 is 0 Å². The zero-order chi connectivity index (χ0) is 13.4. The molecule has 0 unspecified atom stereocenters. The molecule has 2 aromatic rings. The van der Waals surface area contributed by atoms with Gasteiger partial charge in [-0.05, 0) is 25.8 Å².